The van der Waals surface area contributed by atoms with Crippen molar-refractivity contribution in [1.82, 2.24) is 20.2 Å². The molecule has 2 unspecified atom stereocenters. The van der Waals surface area contributed by atoms with Crippen LogP contribution in [0.5, 0.6) is 0 Å². The Morgan fingerprint density at radius 3 is 2.58 bits per heavy atom. The number of nitrogens with one attached hydrogen (secondary N) is 1. The number of nitrogens with zero attached hydrogens (tertiary/aromatic N) is 3. The Morgan fingerprint density at radius 1 is 1.21 bits per heavy atom. The molecular formula is C15H26N4. The summed E-state index contributed by atoms with van der Waals surface area (Å²) < 4.78 is 0. The lowest BCUT2D eigenvalue weighted by atomic mass is 10.1. The van der Waals surface area contributed by atoms with Crippen LogP contribution in [0.3, 0.4) is 0 Å². The lowest BCUT2D eigenvalue weighted by molar-refractivity contribution is 0.278. The number of rotatable bonds is 6. The van der Waals surface area contributed by atoms with E-state index in [0.717, 1.165) is 17.9 Å². The van der Waals surface area contributed by atoms with Gasteiger partial charge in [-0.05, 0) is 52.2 Å². The van der Waals surface area contributed by atoms with E-state index in [2.05, 4.69) is 34.0 Å². The summed E-state index contributed by atoms with van der Waals surface area (Å²) in [6.45, 7) is 11.3. The van der Waals surface area contributed by atoms with Gasteiger partial charge in [-0.1, -0.05) is 6.92 Å². The summed E-state index contributed by atoms with van der Waals surface area (Å²) >= 11 is 0. The Morgan fingerprint density at radius 2 is 1.89 bits per heavy atom. The van der Waals surface area contributed by atoms with Crippen molar-refractivity contribution in [2.45, 2.75) is 39.7 Å². The van der Waals surface area contributed by atoms with Crippen LogP contribution in [0.2, 0.25) is 0 Å². The molecule has 19 heavy (non-hydrogen) atoms. The van der Waals surface area contributed by atoms with Gasteiger partial charge < -0.3 is 10.2 Å². The Hall–Kier alpha value is -1.00. The monoisotopic (exact) mass is 262 g/mol. The zero-order valence-corrected chi connectivity index (χ0v) is 12.4. The summed E-state index contributed by atoms with van der Waals surface area (Å²) in [5, 5.41) is 3.58. The van der Waals surface area contributed by atoms with Gasteiger partial charge in [-0.3, -0.25) is 9.97 Å². The second-order valence-electron chi connectivity index (χ2n) is 5.77. The molecule has 0 bridgehead atoms. The van der Waals surface area contributed by atoms with Crippen LogP contribution in [0.1, 0.15) is 44.1 Å². The molecule has 1 aromatic heterocycles. The molecule has 0 aromatic carbocycles. The Balaban J connectivity index is 1.76. The first kappa shape index (κ1) is 14.4. The van der Waals surface area contributed by atoms with E-state index in [9.17, 15) is 0 Å². The minimum absolute atomic E-state index is 0.273. The number of aromatic nitrogens is 2. The molecule has 1 aliphatic rings. The van der Waals surface area contributed by atoms with Crippen molar-refractivity contribution in [1.29, 1.82) is 0 Å². The van der Waals surface area contributed by atoms with Crippen molar-refractivity contribution in [3.63, 3.8) is 0 Å². The summed E-state index contributed by atoms with van der Waals surface area (Å²) in [5.41, 5.74) is 2.09. The molecule has 1 saturated heterocycles. The Kier molecular flexibility index (Phi) is 5.28. The molecule has 0 spiro atoms. The summed E-state index contributed by atoms with van der Waals surface area (Å²) in [6.07, 6.45) is 6.26. The van der Waals surface area contributed by atoms with E-state index in [1.165, 1.54) is 32.5 Å². The third-order valence-electron chi connectivity index (χ3n) is 3.87. The lowest BCUT2D eigenvalue weighted by Gasteiger charge is -2.22. The van der Waals surface area contributed by atoms with E-state index < -0.39 is 0 Å². The van der Waals surface area contributed by atoms with Gasteiger partial charge >= 0.3 is 0 Å². The lowest BCUT2D eigenvalue weighted by Crippen LogP contribution is -2.33. The SMILES string of the molecule is Cc1nccnc1C(C)NCC(C)CN1CCCC1. The molecule has 0 amide bonds. The molecule has 0 radical (unpaired) electrons. The van der Waals surface area contributed by atoms with E-state index in [-0.39, 0.29) is 6.04 Å². The minimum Gasteiger partial charge on any atom is -0.308 e. The van der Waals surface area contributed by atoms with Crippen LogP contribution < -0.4 is 5.32 Å². The highest BCUT2D eigenvalue weighted by molar-refractivity contribution is 5.12. The van der Waals surface area contributed by atoms with Crippen LogP contribution >= 0.6 is 0 Å². The zero-order valence-electron chi connectivity index (χ0n) is 12.4. The van der Waals surface area contributed by atoms with Crippen LogP contribution in [-0.4, -0.2) is 41.0 Å². The third kappa shape index (κ3) is 4.25. The van der Waals surface area contributed by atoms with Crippen LogP contribution in [-0.2, 0) is 0 Å². The van der Waals surface area contributed by atoms with E-state index in [1.54, 1.807) is 12.4 Å². The number of hydrogen-bond donors (Lipinski definition) is 1. The van der Waals surface area contributed by atoms with Crippen LogP contribution in [0.4, 0.5) is 0 Å². The molecule has 1 aromatic rings. The highest BCUT2D eigenvalue weighted by atomic mass is 15.1. The molecule has 1 aliphatic heterocycles. The maximum Gasteiger partial charge on any atom is 0.0782 e. The third-order valence-corrected chi connectivity index (χ3v) is 3.87. The molecule has 2 rings (SSSR count). The van der Waals surface area contributed by atoms with Crippen LogP contribution in [0.15, 0.2) is 12.4 Å². The maximum absolute atomic E-state index is 4.42. The average molecular weight is 262 g/mol. The molecule has 0 aliphatic carbocycles. The normalized spacial score (nSPS) is 19.5. The molecule has 4 nitrogen and oxygen atoms in total. The largest absolute Gasteiger partial charge is 0.308 e. The zero-order chi connectivity index (χ0) is 13.7. The van der Waals surface area contributed by atoms with Crippen molar-refractivity contribution >= 4 is 0 Å². The van der Waals surface area contributed by atoms with Crippen LogP contribution in [0.25, 0.3) is 0 Å². The number of aryl methyl sites for hydroxylation is 1. The average Bonchev–Trinajstić information content (AvgIpc) is 2.89. The van der Waals surface area contributed by atoms with Gasteiger partial charge in [0.2, 0.25) is 0 Å². The maximum atomic E-state index is 4.42. The molecular weight excluding hydrogens is 236 g/mol. The number of hydrogen-bond acceptors (Lipinski definition) is 4. The highest BCUT2D eigenvalue weighted by Gasteiger charge is 2.16. The van der Waals surface area contributed by atoms with Gasteiger partial charge in [-0.2, -0.15) is 0 Å². The van der Waals surface area contributed by atoms with E-state index in [0.29, 0.717) is 5.92 Å². The molecule has 1 fully saturated rings. The van der Waals surface area contributed by atoms with E-state index in [4.69, 9.17) is 0 Å². The van der Waals surface area contributed by atoms with E-state index >= 15 is 0 Å². The van der Waals surface area contributed by atoms with Gasteiger partial charge in [-0.15, -0.1) is 0 Å². The molecule has 4 heteroatoms. The summed E-state index contributed by atoms with van der Waals surface area (Å²) in [4.78, 5) is 11.3. The van der Waals surface area contributed by atoms with Gasteiger partial charge in [0.1, 0.15) is 0 Å². The Labute approximate surface area is 116 Å². The second-order valence-corrected chi connectivity index (χ2v) is 5.77. The molecule has 2 heterocycles. The fourth-order valence-corrected chi connectivity index (χ4v) is 2.79. The molecule has 1 N–H and O–H groups in total. The molecule has 2 atom stereocenters. The molecule has 0 saturated carbocycles. The summed E-state index contributed by atoms with van der Waals surface area (Å²) in [7, 11) is 0. The van der Waals surface area contributed by atoms with Gasteiger partial charge in [0.15, 0.2) is 0 Å². The van der Waals surface area contributed by atoms with Crippen molar-refractivity contribution in [3.8, 4) is 0 Å². The first-order valence-electron chi connectivity index (χ1n) is 7.40. The van der Waals surface area contributed by atoms with Crippen molar-refractivity contribution in [2.75, 3.05) is 26.2 Å². The first-order valence-corrected chi connectivity index (χ1v) is 7.40. The standard InChI is InChI=1S/C15H26N4/c1-12(11-19-8-4-5-9-19)10-18-14(3)15-13(2)16-6-7-17-15/h6-7,12,14,18H,4-5,8-11H2,1-3H3. The van der Waals surface area contributed by atoms with Crippen molar-refractivity contribution in [3.05, 3.63) is 23.8 Å². The van der Waals surface area contributed by atoms with E-state index in [1.807, 2.05) is 6.92 Å². The predicted octanol–water partition coefficient (Wildman–Crippen LogP) is 2.17. The van der Waals surface area contributed by atoms with Crippen molar-refractivity contribution < 1.29 is 0 Å². The fourth-order valence-electron chi connectivity index (χ4n) is 2.79. The first-order chi connectivity index (χ1) is 9.16. The Bertz CT molecular complexity index is 387. The van der Waals surface area contributed by atoms with Crippen molar-refractivity contribution in [2.24, 2.45) is 5.92 Å². The quantitative estimate of drug-likeness (QED) is 0.853. The topological polar surface area (TPSA) is 41.1 Å². The van der Waals surface area contributed by atoms with Gasteiger partial charge in [-0.25, -0.2) is 0 Å². The summed E-state index contributed by atoms with van der Waals surface area (Å²) in [6, 6.07) is 0.273. The number of likely N-dealkylation sites (tertiary alicyclic amines) is 1. The fraction of sp³-hybridized carbons (Fsp3) is 0.733. The highest BCUT2D eigenvalue weighted by Crippen LogP contribution is 2.13. The summed E-state index contributed by atoms with van der Waals surface area (Å²) in [5.74, 6) is 0.678. The van der Waals surface area contributed by atoms with Crippen LogP contribution in [0, 0.1) is 12.8 Å². The van der Waals surface area contributed by atoms with Gasteiger partial charge in [0.25, 0.3) is 0 Å². The minimum atomic E-state index is 0.273. The molecule has 106 valence electrons. The smallest absolute Gasteiger partial charge is 0.0782 e. The second kappa shape index (κ2) is 6.96. The van der Waals surface area contributed by atoms with Gasteiger partial charge in [0, 0.05) is 25.0 Å². The van der Waals surface area contributed by atoms with Gasteiger partial charge in [0.05, 0.1) is 11.4 Å². The predicted molar refractivity (Wildman–Crippen MR) is 78.0 cm³/mol.